The topological polar surface area (TPSA) is 218 Å². The highest BCUT2D eigenvalue weighted by atomic mass is 16.6. The number of ketones is 1. The Morgan fingerprint density at radius 1 is 0.577 bits per heavy atom. The number of rotatable bonds is 30. The highest BCUT2D eigenvalue weighted by Gasteiger charge is 2.29. The third kappa shape index (κ3) is 26.4. The normalized spacial score (nSPS) is 14.4. The van der Waals surface area contributed by atoms with E-state index in [2.05, 4.69) is 24.7 Å². The first-order chi connectivity index (χ1) is 37.0. The molecule has 0 aliphatic rings. The number of nitrogens with zero attached hydrogens (tertiary/aromatic N) is 1. The Morgan fingerprint density at radius 2 is 0.936 bits per heavy atom. The van der Waals surface area contributed by atoms with Gasteiger partial charge in [0.05, 0.1) is 63.5 Å². The number of benzene rings is 3. The van der Waals surface area contributed by atoms with Crippen LogP contribution in [0.15, 0.2) is 141 Å². The van der Waals surface area contributed by atoms with Gasteiger partial charge < -0.3 is 48.7 Å². The minimum Gasteiger partial charge on any atom is -0.503 e. The summed E-state index contributed by atoms with van der Waals surface area (Å²) in [7, 11) is 1.38. The smallest absolute Gasteiger partial charge is 0.322 e. The van der Waals surface area contributed by atoms with E-state index < -0.39 is 65.3 Å². The number of nitrogens with two attached hydrogens (primary N) is 1. The molecule has 4 aromatic rings. The summed E-state index contributed by atoms with van der Waals surface area (Å²) in [6.45, 7) is 28.0. The van der Waals surface area contributed by atoms with Crippen molar-refractivity contribution >= 4 is 29.7 Å². The van der Waals surface area contributed by atoms with Crippen LogP contribution in [0, 0.1) is 11.8 Å². The third-order valence-electron chi connectivity index (χ3n) is 11.5. The van der Waals surface area contributed by atoms with Gasteiger partial charge in [-0.1, -0.05) is 123 Å². The van der Waals surface area contributed by atoms with Crippen LogP contribution in [0.5, 0.6) is 11.5 Å². The molecule has 0 spiro atoms. The monoisotopic (exact) mass is 1080 g/mol. The lowest BCUT2D eigenvalue weighted by Gasteiger charge is -2.25. The first-order valence-electron chi connectivity index (χ1n) is 26.2. The predicted molar refractivity (Wildman–Crippen MR) is 300 cm³/mol. The van der Waals surface area contributed by atoms with Gasteiger partial charge in [0.25, 0.3) is 0 Å². The van der Waals surface area contributed by atoms with E-state index in [4.69, 9.17) is 43.6 Å². The Morgan fingerprint density at radius 3 is 1.27 bits per heavy atom. The van der Waals surface area contributed by atoms with Crippen LogP contribution in [0.2, 0.25) is 0 Å². The maximum absolute atomic E-state index is 12.5. The van der Waals surface area contributed by atoms with Crippen molar-refractivity contribution in [2.75, 3.05) is 7.11 Å². The predicted octanol–water partition coefficient (Wildman–Crippen LogP) is 11.0. The highest BCUT2D eigenvalue weighted by Crippen LogP contribution is 2.29. The van der Waals surface area contributed by atoms with Crippen molar-refractivity contribution in [2.45, 2.75) is 163 Å². The number of aromatic nitrogens is 1. The van der Waals surface area contributed by atoms with Gasteiger partial charge in [-0.15, -0.1) is 19.7 Å². The van der Waals surface area contributed by atoms with Gasteiger partial charge in [0, 0.05) is 18.7 Å². The van der Waals surface area contributed by atoms with Crippen LogP contribution in [0.25, 0.3) is 0 Å². The molecule has 78 heavy (non-hydrogen) atoms. The van der Waals surface area contributed by atoms with E-state index in [0.717, 1.165) is 16.7 Å². The molecule has 16 nitrogen and oxygen atoms in total. The number of carbonyl (C=O) groups is 5. The zero-order valence-corrected chi connectivity index (χ0v) is 47.3. The standard InChI is InChI=1S/C24H29NO6.C22H32O5.C16H23NO3/c1-5-9-20(30-15-18-10-7-6-8-11-18)17(3)31-24(28)16(2)14-19(26)22-23(27)21(29-4)12-13-25-22;1-7-11-19(25-15-18-12-9-8-10-13-18)17(3)26-21(24)16(2)14-20(23)27-22(4,5)6;1-4-8-15(13(3)20-16(18)12(2)17)19-11-14-9-6-5-7-10-14/h5-8,10-13,16-17,20,27H,1,9,14-15H2,2-4H3;7-10,12-13,16-17,19H,1,11,14-15H2,2-6H3;4-7,9-10,12-13,15H,1,8,11,17H2,2-3H3/t16-,17+,20-;16-,17+,19-;12-,13-,15+/m110/s1. The average Bonchev–Trinajstić information content (AvgIpc) is 3.40. The number of esters is 4. The molecule has 0 unspecified atom stereocenters. The molecule has 0 bridgehead atoms. The molecule has 4 rings (SSSR count). The number of pyridine rings is 1. The Hall–Kier alpha value is -6.98. The average molecular weight is 1080 g/mol. The van der Waals surface area contributed by atoms with E-state index in [1.807, 2.05) is 91.0 Å². The van der Waals surface area contributed by atoms with E-state index >= 15 is 0 Å². The number of methoxy groups -OCH3 is 1. The van der Waals surface area contributed by atoms with Gasteiger partial charge >= 0.3 is 23.9 Å². The van der Waals surface area contributed by atoms with Crippen LogP contribution < -0.4 is 10.5 Å². The molecular formula is C62H84N2O14. The van der Waals surface area contributed by atoms with Gasteiger partial charge in [-0.2, -0.15) is 0 Å². The number of ether oxygens (including phenoxy) is 8. The molecule has 0 aliphatic carbocycles. The number of carbonyl (C=O) groups excluding carboxylic acids is 5. The van der Waals surface area contributed by atoms with Crippen LogP contribution >= 0.6 is 0 Å². The fourth-order valence-corrected chi connectivity index (χ4v) is 7.11. The lowest BCUT2D eigenvalue weighted by atomic mass is 10.0. The second-order valence-electron chi connectivity index (χ2n) is 19.7. The quantitative estimate of drug-likeness (QED) is 0.0215. The van der Waals surface area contributed by atoms with Crippen LogP contribution in [0.3, 0.4) is 0 Å². The SMILES string of the molecule is C=CC[C@@H](OCc1ccccc1)[C@H](C)OC(=O)[C@H](C)CC(=O)OC(C)(C)C.C=CC[C@@H](OCc1ccccc1)[C@H](C)OC(=O)[C@H](C)CC(=O)c1nccc(OC)c1O.C=CC[C@@H](OCc1ccccc1)[C@H](C)OC(=O)[C@H](C)N. The molecule has 0 amide bonds. The van der Waals surface area contributed by atoms with Crippen LogP contribution in [-0.2, 0) is 72.2 Å². The van der Waals surface area contributed by atoms with Crippen LogP contribution in [0.4, 0.5) is 0 Å². The molecule has 3 aromatic carbocycles. The highest BCUT2D eigenvalue weighted by molar-refractivity contribution is 5.99. The van der Waals surface area contributed by atoms with Gasteiger partial charge in [-0.05, 0) is 84.4 Å². The summed E-state index contributed by atoms with van der Waals surface area (Å²) in [6.07, 6.45) is 5.82. The fourth-order valence-electron chi connectivity index (χ4n) is 7.11. The molecule has 1 heterocycles. The number of Topliss-reactive ketones (excluding diaryl/α,β-unsaturated/α-hetero) is 1. The third-order valence-corrected chi connectivity index (χ3v) is 11.5. The Bertz CT molecular complexity index is 2430. The molecule has 16 heteroatoms. The van der Waals surface area contributed by atoms with Crippen LogP contribution in [-0.4, -0.2) is 95.1 Å². The minimum atomic E-state index is -0.721. The molecular weight excluding hydrogens is 997 g/mol. The van der Waals surface area contributed by atoms with Crippen molar-refractivity contribution in [3.05, 3.63) is 164 Å². The van der Waals surface area contributed by atoms with Gasteiger partial charge in [-0.3, -0.25) is 24.0 Å². The van der Waals surface area contributed by atoms with Gasteiger partial charge in [-0.25, -0.2) is 4.98 Å². The zero-order chi connectivity index (χ0) is 58.2. The van der Waals surface area contributed by atoms with Crippen molar-refractivity contribution in [1.82, 2.24) is 4.98 Å². The second-order valence-corrected chi connectivity index (χ2v) is 19.7. The van der Waals surface area contributed by atoms with Crippen molar-refractivity contribution in [3.63, 3.8) is 0 Å². The van der Waals surface area contributed by atoms with Gasteiger partial charge in [0.2, 0.25) is 0 Å². The molecule has 1 aromatic heterocycles. The van der Waals surface area contributed by atoms with Crippen molar-refractivity contribution in [3.8, 4) is 11.5 Å². The molecule has 0 fully saturated rings. The van der Waals surface area contributed by atoms with Gasteiger partial charge in [0.1, 0.15) is 30.0 Å². The first-order valence-corrected chi connectivity index (χ1v) is 26.2. The van der Waals surface area contributed by atoms with E-state index in [-0.39, 0.29) is 54.5 Å². The summed E-state index contributed by atoms with van der Waals surface area (Å²) in [5.41, 5.74) is 7.91. The molecule has 0 saturated heterocycles. The molecule has 9 atom stereocenters. The van der Waals surface area contributed by atoms with Gasteiger partial charge in [0.15, 0.2) is 23.0 Å². The Balaban J connectivity index is 0.000000410. The van der Waals surface area contributed by atoms with E-state index in [9.17, 15) is 29.1 Å². The molecule has 0 aliphatic heterocycles. The minimum absolute atomic E-state index is 0.0141. The number of aromatic hydroxyl groups is 1. The summed E-state index contributed by atoms with van der Waals surface area (Å²) in [4.78, 5) is 64.7. The lowest BCUT2D eigenvalue weighted by molar-refractivity contribution is -0.167. The maximum atomic E-state index is 12.5. The zero-order valence-electron chi connectivity index (χ0n) is 47.3. The summed E-state index contributed by atoms with van der Waals surface area (Å²) in [6, 6.07) is 30.2. The number of hydrogen-bond acceptors (Lipinski definition) is 16. The van der Waals surface area contributed by atoms with Crippen molar-refractivity contribution in [2.24, 2.45) is 17.6 Å². The Kier molecular flexibility index (Phi) is 31.1. The lowest BCUT2D eigenvalue weighted by Crippen LogP contribution is -2.37. The van der Waals surface area contributed by atoms with E-state index in [1.165, 1.54) is 19.4 Å². The largest absolute Gasteiger partial charge is 0.503 e. The summed E-state index contributed by atoms with van der Waals surface area (Å²) < 4.78 is 44.3. The molecule has 3 N–H and O–H groups in total. The fraction of sp³-hybridized carbons (Fsp3) is 0.452. The molecule has 0 saturated carbocycles. The van der Waals surface area contributed by atoms with E-state index in [1.54, 1.807) is 80.5 Å². The summed E-state index contributed by atoms with van der Waals surface area (Å²) in [5.74, 6) is -3.78. The Labute approximate surface area is 462 Å². The number of hydrogen-bond donors (Lipinski definition) is 2. The second kappa shape index (κ2) is 36.2. The van der Waals surface area contributed by atoms with E-state index in [0.29, 0.717) is 39.1 Å². The van der Waals surface area contributed by atoms with Crippen molar-refractivity contribution in [1.29, 1.82) is 0 Å². The summed E-state index contributed by atoms with van der Waals surface area (Å²) in [5, 5.41) is 10.1. The molecule has 426 valence electrons. The summed E-state index contributed by atoms with van der Waals surface area (Å²) >= 11 is 0. The first kappa shape index (κ1) is 67.1. The maximum Gasteiger partial charge on any atom is 0.322 e. The van der Waals surface area contributed by atoms with Crippen molar-refractivity contribution < 1.29 is 67.0 Å². The molecule has 0 radical (unpaired) electrons. The van der Waals surface area contributed by atoms with Crippen LogP contribution in [0.1, 0.15) is 122 Å².